The van der Waals surface area contributed by atoms with Gasteiger partial charge < -0.3 is 20.9 Å². The number of nitrogens with one attached hydrogen (secondary N) is 3. The van der Waals surface area contributed by atoms with E-state index in [1.54, 1.807) is 35.2 Å². The molecule has 2 aromatic carbocycles. The molecule has 0 aromatic heterocycles. The summed E-state index contributed by atoms with van der Waals surface area (Å²) in [5.74, 6) is -1.13. The Hall–Kier alpha value is -3.68. The predicted octanol–water partition coefficient (Wildman–Crippen LogP) is 3.62. The molecule has 1 aliphatic heterocycles. The first kappa shape index (κ1) is 22.0. The summed E-state index contributed by atoms with van der Waals surface area (Å²) in [6.45, 7) is 4.89. The largest absolute Gasteiger partial charge is 0.352 e. The van der Waals surface area contributed by atoms with Gasteiger partial charge in [-0.15, -0.1) is 6.58 Å². The maximum atomic E-state index is 13.0. The van der Waals surface area contributed by atoms with E-state index in [0.717, 1.165) is 12.8 Å². The summed E-state index contributed by atoms with van der Waals surface area (Å²) in [6.07, 6.45) is 3.10. The number of carbonyl (C=O) groups excluding carboxylic acids is 3. The number of likely N-dealkylation sites (tertiary alicyclic amines) is 1. The number of benzene rings is 2. The van der Waals surface area contributed by atoms with Crippen LogP contribution in [0.25, 0.3) is 0 Å². The molecule has 1 unspecified atom stereocenters. The second kappa shape index (κ2) is 10.4. The second-order valence-electron chi connectivity index (χ2n) is 7.29. The van der Waals surface area contributed by atoms with E-state index in [1.165, 1.54) is 24.3 Å². The van der Waals surface area contributed by atoms with E-state index in [9.17, 15) is 18.8 Å². The van der Waals surface area contributed by atoms with Gasteiger partial charge in [-0.1, -0.05) is 12.1 Å². The van der Waals surface area contributed by atoms with Crippen LogP contribution in [0.4, 0.5) is 20.6 Å². The molecule has 31 heavy (non-hydrogen) atoms. The zero-order chi connectivity index (χ0) is 22.2. The van der Waals surface area contributed by atoms with Gasteiger partial charge in [0, 0.05) is 36.6 Å². The van der Waals surface area contributed by atoms with Crippen LogP contribution in [0.5, 0.6) is 0 Å². The first-order chi connectivity index (χ1) is 15.0. The van der Waals surface area contributed by atoms with Gasteiger partial charge in [0.15, 0.2) is 0 Å². The number of hydrogen-bond donors (Lipinski definition) is 3. The van der Waals surface area contributed by atoms with Gasteiger partial charge in [-0.3, -0.25) is 9.59 Å². The average Bonchev–Trinajstić information content (AvgIpc) is 2.78. The highest BCUT2D eigenvalue weighted by atomic mass is 19.1. The van der Waals surface area contributed by atoms with Crippen LogP contribution in [-0.4, -0.2) is 42.4 Å². The zero-order valence-electron chi connectivity index (χ0n) is 17.1. The maximum absolute atomic E-state index is 13.0. The van der Waals surface area contributed by atoms with Gasteiger partial charge in [0.05, 0.1) is 5.92 Å². The van der Waals surface area contributed by atoms with E-state index in [4.69, 9.17) is 0 Å². The molecule has 0 bridgehead atoms. The molecule has 0 spiro atoms. The highest BCUT2D eigenvalue weighted by Crippen LogP contribution is 2.20. The molecule has 0 saturated carbocycles. The lowest BCUT2D eigenvalue weighted by atomic mass is 9.97. The van der Waals surface area contributed by atoms with E-state index in [1.807, 2.05) is 0 Å². The summed E-state index contributed by atoms with van der Waals surface area (Å²) in [5, 5.41) is 8.32. The van der Waals surface area contributed by atoms with E-state index < -0.39 is 5.82 Å². The highest BCUT2D eigenvalue weighted by molar-refractivity contribution is 6.04. The van der Waals surface area contributed by atoms with Gasteiger partial charge in [-0.25, -0.2) is 9.18 Å². The molecule has 3 N–H and O–H groups in total. The zero-order valence-corrected chi connectivity index (χ0v) is 17.1. The molecule has 0 radical (unpaired) electrons. The molecule has 1 atom stereocenters. The monoisotopic (exact) mass is 424 g/mol. The number of urea groups is 1. The minimum absolute atomic E-state index is 0.0806. The molecule has 7 nitrogen and oxygen atoms in total. The summed E-state index contributed by atoms with van der Waals surface area (Å²) >= 11 is 0. The van der Waals surface area contributed by atoms with Crippen LogP contribution < -0.4 is 16.0 Å². The van der Waals surface area contributed by atoms with Crippen LogP contribution in [0.15, 0.2) is 61.2 Å². The third-order valence-electron chi connectivity index (χ3n) is 4.98. The Labute approximate surface area is 180 Å². The summed E-state index contributed by atoms with van der Waals surface area (Å²) in [5.41, 5.74) is 1.33. The van der Waals surface area contributed by atoms with Crippen LogP contribution in [-0.2, 0) is 4.79 Å². The smallest absolute Gasteiger partial charge is 0.321 e. The van der Waals surface area contributed by atoms with Crippen molar-refractivity contribution < 1.29 is 18.8 Å². The molecule has 8 heteroatoms. The van der Waals surface area contributed by atoms with Crippen molar-refractivity contribution >= 4 is 29.2 Å². The molecule has 3 rings (SSSR count). The Bertz CT molecular complexity index is 962. The van der Waals surface area contributed by atoms with Crippen molar-refractivity contribution in [2.75, 3.05) is 30.3 Å². The summed E-state index contributed by atoms with van der Waals surface area (Å²) in [4.78, 5) is 38.8. The first-order valence-electron chi connectivity index (χ1n) is 10.1. The quantitative estimate of drug-likeness (QED) is 0.619. The molecule has 1 heterocycles. The Balaban J connectivity index is 1.59. The maximum Gasteiger partial charge on any atom is 0.321 e. The SMILES string of the molecule is C=CCNC(=O)C1CCCN(C(=O)Nc2cccc(NC(=O)c3ccc(F)cc3)c2)C1. The van der Waals surface area contributed by atoms with Crippen molar-refractivity contribution in [2.24, 2.45) is 5.92 Å². The predicted molar refractivity (Wildman–Crippen MR) is 117 cm³/mol. The fourth-order valence-electron chi connectivity index (χ4n) is 3.37. The van der Waals surface area contributed by atoms with E-state index in [-0.39, 0.29) is 23.8 Å². The lowest BCUT2D eigenvalue weighted by Gasteiger charge is -2.32. The third-order valence-corrected chi connectivity index (χ3v) is 4.98. The Morgan fingerprint density at radius 2 is 1.81 bits per heavy atom. The molecule has 0 aliphatic carbocycles. The van der Waals surface area contributed by atoms with Crippen LogP contribution in [0, 0.1) is 11.7 Å². The molecule has 2 aromatic rings. The fourth-order valence-corrected chi connectivity index (χ4v) is 3.37. The number of amides is 4. The Morgan fingerprint density at radius 1 is 1.10 bits per heavy atom. The van der Waals surface area contributed by atoms with Crippen molar-refractivity contribution in [2.45, 2.75) is 12.8 Å². The topological polar surface area (TPSA) is 90.5 Å². The Kier molecular flexibility index (Phi) is 7.37. The van der Waals surface area contributed by atoms with E-state index >= 15 is 0 Å². The summed E-state index contributed by atoms with van der Waals surface area (Å²) in [7, 11) is 0. The fraction of sp³-hybridized carbons (Fsp3) is 0.261. The number of carbonyl (C=O) groups is 3. The van der Waals surface area contributed by atoms with Gasteiger partial charge in [0.2, 0.25) is 5.91 Å². The first-order valence-corrected chi connectivity index (χ1v) is 10.1. The van der Waals surface area contributed by atoms with Crippen molar-refractivity contribution in [3.63, 3.8) is 0 Å². The number of piperidine rings is 1. The van der Waals surface area contributed by atoms with Gasteiger partial charge >= 0.3 is 6.03 Å². The Morgan fingerprint density at radius 3 is 2.52 bits per heavy atom. The van der Waals surface area contributed by atoms with Gasteiger partial charge in [0.25, 0.3) is 5.91 Å². The molecular formula is C23H25FN4O3. The van der Waals surface area contributed by atoms with Crippen molar-refractivity contribution in [1.29, 1.82) is 0 Å². The minimum atomic E-state index is -0.417. The van der Waals surface area contributed by atoms with Crippen LogP contribution in [0.2, 0.25) is 0 Å². The highest BCUT2D eigenvalue weighted by Gasteiger charge is 2.28. The van der Waals surface area contributed by atoms with Crippen molar-refractivity contribution in [3.05, 3.63) is 72.6 Å². The molecule has 162 valence electrons. The minimum Gasteiger partial charge on any atom is -0.352 e. The standard InChI is InChI=1S/C23H25FN4O3/c1-2-12-25-21(29)17-5-4-13-28(15-17)23(31)27-20-7-3-6-19(14-20)26-22(30)16-8-10-18(24)11-9-16/h2-3,6-11,14,17H,1,4-5,12-13,15H2,(H,25,29)(H,26,30)(H,27,31). The molecule has 1 fully saturated rings. The summed E-state index contributed by atoms with van der Waals surface area (Å²) in [6, 6.07) is 11.7. The molecule has 1 saturated heterocycles. The third kappa shape index (κ3) is 6.15. The van der Waals surface area contributed by atoms with Crippen LogP contribution in [0.1, 0.15) is 23.2 Å². The number of anilines is 2. The molecule has 4 amide bonds. The molecule has 1 aliphatic rings. The summed E-state index contributed by atoms with van der Waals surface area (Å²) < 4.78 is 13.0. The van der Waals surface area contributed by atoms with Gasteiger partial charge in [0.1, 0.15) is 5.82 Å². The van der Waals surface area contributed by atoms with Crippen molar-refractivity contribution in [1.82, 2.24) is 10.2 Å². The lowest BCUT2D eigenvalue weighted by molar-refractivity contribution is -0.126. The average molecular weight is 424 g/mol. The van der Waals surface area contributed by atoms with Gasteiger partial charge in [-0.05, 0) is 55.3 Å². The molecular weight excluding hydrogens is 399 g/mol. The van der Waals surface area contributed by atoms with Crippen LogP contribution in [0.3, 0.4) is 0 Å². The van der Waals surface area contributed by atoms with Crippen LogP contribution >= 0.6 is 0 Å². The van der Waals surface area contributed by atoms with Crippen molar-refractivity contribution in [3.8, 4) is 0 Å². The number of halogens is 1. The lowest BCUT2D eigenvalue weighted by Crippen LogP contribution is -2.46. The number of rotatable bonds is 6. The van der Waals surface area contributed by atoms with E-state index in [2.05, 4.69) is 22.5 Å². The number of nitrogens with zero attached hydrogens (tertiary/aromatic N) is 1. The number of hydrogen-bond acceptors (Lipinski definition) is 3. The van der Waals surface area contributed by atoms with E-state index in [0.29, 0.717) is 36.6 Å². The second-order valence-corrected chi connectivity index (χ2v) is 7.29. The van der Waals surface area contributed by atoms with Gasteiger partial charge in [-0.2, -0.15) is 0 Å². The normalized spacial score (nSPS) is 15.6.